The number of nitrogens with two attached hydrogens (primary N) is 1. The highest BCUT2D eigenvalue weighted by atomic mass is 35.5. The zero-order chi connectivity index (χ0) is 14.7. The molecule has 2 N–H and O–H groups in total. The Bertz CT molecular complexity index is 662. The number of rotatable bonds is 3. The molecule has 0 atom stereocenters. The summed E-state index contributed by atoms with van der Waals surface area (Å²) in [6.07, 6.45) is 0. The second kappa shape index (κ2) is 5.88. The van der Waals surface area contributed by atoms with Crippen molar-refractivity contribution in [1.82, 2.24) is 0 Å². The van der Waals surface area contributed by atoms with Crippen molar-refractivity contribution in [1.29, 1.82) is 0 Å². The SMILES string of the molecule is Nc1cc(Cl)ccc1C(=O)OCc1ccc(F)cc1F. The summed E-state index contributed by atoms with van der Waals surface area (Å²) in [5, 5.41) is 0.392. The van der Waals surface area contributed by atoms with E-state index in [2.05, 4.69) is 0 Å². The van der Waals surface area contributed by atoms with Gasteiger partial charge in [0.1, 0.15) is 18.2 Å². The van der Waals surface area contributed by atoms with Gasteiger partial charge >= 0.3 is 5.97 Å². The van der Waals surface area contributed by atoms with Crippen LogP contribution >= 0.6 is 11.6 Å². The lowest BCUT2D eigenvalue weighted by Gasteiger charge is -2.08. The van der Waals surface area contributed by atoms with E-state index < -0.39 is 17.6 Å². The smallest absolute Gasteiger partial charge is 0.340 e. The lowest BCUT2D eigenvalue weighted by Crippen LogP contribution is -2.09. The number of esters is 1. The Kier molecular flexibility index (Phi) is 4.20. The molecule has 0 spiro atoms. The van der Waals surface area contributed by atoms with Gasteiger partial charge in [0.05, 0.1) is 5.56 Å². The van der Waals surface area contributed by atoms with Gasteiger partial charge in [-0.3, -0.25) is 0 Å². The fraction of sp³-hybridized carbons (Fsp3) is 0.0714. The zero-order valence-electron chi connectivity index (χ0n) is 10.2. The Morgan fingerprint density at radius 2 is 1.95 bits per heavy atom. The van der Waals surface area contributed by atoms with Gasteiger partial charge in [-0.1, -0.05) is 11.6 Å². The molecule has 0 saturated carbocycles. The van der Waals surface area contributed by atoms with Crippen molar-refractivity contribution in [2.45, 2.75) is 6.61 Å². The molecule has 3 nitrogen and oxygen atoms in total. The summed E-state index contributed by atoms with van der Waals surface area (Å²) in [7, 11) is 0. The van der Waals surface area contributed by atoms with E-state index in [1.54, 1.807) is 0 Å². The Balaban J connectivity index is 2.08. The van der Waals surface area contributed by atoms with E-state index in [0.29, 0.717) is 5.02 Å². The largest absolute Gasteiger partial charge is 0.457 e. The van der Waals surface area contributed by atoms with Crippen LogP contribution in [0, 0.1) is 11.6 Å². The summed E-state index contributed by atoms with van der Waals surface area (Å²) in [6, 6.07) is 7.34. The highest BCUT2D eigenvalue weighted by molar-refractivity contribution is 6.31. The molecule has 0 aromatic heterocycles. The maximum atomic E-state index is 13.4. The number of carbonyl (C=O) groups is 1. The molecule has 0 aliphatic carbocycles. The fourth-order valence-corrected chi connectivity index (χ4v) is 1.76. The summed E-state index contributed by atoms with van der Waals surface area (Å²) in [5.41, 5.74) is 6.01. The molecule has 0 fully saturated rings. The van der Waals surface area contributed by atoms with Gasteiger partial charge in [-0.15, -0.1) is 0 Å². The van der Waals surface area contributed by atoms with Crippen LogP contribution in [-0.2, 0) is 11.3 Å². The number of hydrogen-bond acceptors (Lipinski definition) is 3. The van der Waals surface area contributed by atoms with Crippen molar-refractivity contribution >= 4 is 23.3 Å². The molecule has 6 heteroatoms. The number of hydrogen-bond donors (Lipinski definition) is 1. The molecular weight excluding hydrogens is 288 g/mol. The van der Waals surface area contributed by atoms with Gasteiger partial charge < -0.3 is 10.5 Å². The number of benzene rings is 2. The van der Waals surface area contributed by atoms with Gasteiger partial charge in [0, 0.05) is 22.3 Å². The van der Waals surface area contributed by atoms with Crippen molar-refractivity contribution in [2.24, 2.45) is 0 Å². The van der Waals surface area contributed by atoms with Crippen LogP contribution in [0.1, 0.15) is 15.9 Å². The molecule has 0 unspecified atom stereocenters. The highest BCUT2D eigenvalue weighted by Crippen LogP contribution is 2.19. The monoisotopic (exact) mass is 297 g/mol. The molecule has 2 rings (SSSR count). The number of halogens is 3. The minimum absolute atomic E-state index is 0.0762. The average molecular weight is 298 g/mol. The number of nitrogen functional groups attached to an aromatic ring is 1. The summed E-state index contributed by atoms with van der Waals surface area (Å²) >= 11 is 5.71. The lowest BCUT2D eigenvalue weighted by molar-refractivity contribution is 0.0470. The molecule has 2 aromatic rings. The van der Waals surface area contributed by atoms with Crippen LogP contribution in [0.2, 0.25) is 5.02 Å². The predicted octanol–water partition coefficient (Wildman–Crippen LogP) is 3.56. The normalized spacial score (nSPS) is 10.3. The van der Waals surface area contributed by atoms with Crippen LogP contribution < -0.4 is 5.73 Å². The first kappa shape index (κ1) is 14.3. The van der Waals surface area contributed by atoms with E-state index in [9.17, 15) is 13.6 Å². The van der Waals surface area contributed by atoms with E-state index in [4.69, 9.17) is 22.1 Å². The maximum absolute atomic E-state index is 13.4. The summed E-state index contributed by atoms with van der Waals surface area (Å²) in [5.74, 6) is -2.18. The van der Waals surface area contributed by atoms with Crippen LogP contribution in [0.3, 0.4) is 0 Å². The Hall–Kier alpha value is -2.14. The van der Waals surface area contributed by atoms with E-state index in [1.165, 1.54) is 24.3 Å². The molecule has 0 saturated heterocycles. The van der Waals surface area contributed by atoms with Crippen LogP contribution in [0.15, 0.2) is 36.4 Å². The molecular formula is C14H10ClF2NO2. The number of anilines is 1. The molecule has 0 aliphatic rings. The first-order valence-electron chi connectivity index (χ1n) is 5.63. The first-order chi connectivity index (χ1) is 9.47. The van der Waals surface area contributed by atoms with E-state index in [1.807, 2.05) is 0 Å². The van der Waals surface area contributed by atoms with Gasteiger partial charge in [-0.2, -0.15) is 0 Å². The van der Waals surface area contributed by atoms with E-state index in [-0.39, 0.29) is 23.4 Å². The number of carbonyl (C=O) groups excluding carboxylic acids is 1. The topological polar surface area (TPSA) is 52.3 Å². The Labute approximate surface area is 118 Å². The first-order valence-corrected chi connectivity index (χ1v) is 6.01. The summed E-state index contributed by atoms with van der Waals surface area (Å²) < 4.78 is 31.0. The standard InChI is InChI=1S/C14H10ClF2NO2/c15-9-2-4-11(13(18)5-9)14(19)20-7-8-1-3-10(16)6-12(8)17/h1-6H,7,18H2. The van der Waals surface area contributed by atoms with Crippen molar-refractivity contribution in [2.75, 3.05) is 5.73 Å². The predicted molar refractivity (Wildman–Crippen MR) is 71.3 cm³/mol. The number of ether oxygens (including phenoxy) is 1. The van der Waals surface area contributed by atoms with Gasteiger partial charge in [0.2, 0.25) is 0 Å². The molecule has 0 amide bonds. The molecule has 104 valence electrons. The third-order valence-electron chi connectivity index (χ3n) is 2.61. The quantitative estimate of drug-likeness (QED) is 0.696. The minimum atomic E-state index is -0.776. The van der Waals surface area contributed by atoms with E-state index >= 15 is 0 Å². The van der Waals surface area contributed by atoms with Crippen LogP contribution in [0.4, 0.5) is 14.5 Å². The van der Waals surface area contributed by atoms with E-state index in [0.717, 1.165) is 12.1 Å². The van der Waals surface area contributed by atoms with Crippen molar-refractivity contribution in [3.63, 3.8) is 0 Å². The third kappa shape index (κ3) is 3.24. The van der Waals surface area contributed by atoms with Crippen molar-refractivity contribution in [3.8, 4) is 0 Å². The van der Waals surface area contributed by atoms with Crippen LogP contribution in [-0.4, -0.2) is 5.97 Å². The van der Waals surface area contributed by atoms with Crippen LogP contribution in [0.5, 0.6) is 0 Å². The second-order valence-electron chi connectivity index (χ2n) is 4.04. The molecule has 0 heterocycles. The average Bonchev–Trinajstić information content (AvgIpc) is 2.37. The van der Waals surface area contributed by atoms with Gasteiger partial charge in [-0.05, 0) is 30.3 Å². The Morgan fingerprint density at radius 1 is 1.20 bits per heavy atom. The molecule has 0 aliphatic heterocycles. The summed E-state index contributed by atoms with van der Waals surface area (Å²) in [4.78, 5) is 11.8. The molecule has 2 aromatic carbocycles. The highest BCUT2D eigenvalue weighted by Gasteiger charge is 2.13. The third-order valence-corrected chi connectivity index (χ3v) is 2.84. The molecule has 20 heavy (non-hydrogen) atoms. The summed E-state index contributed by atoms with van der Waals surface area (Å²) in [6.45, 7) is -0.312. The van der Waals surface area contributed by atoms with Crippen LogP contribution in [0.25, 0.3) is 0 Å². The van der Waals surface area contributed by atoms with Crippen molar-refractivity contribution in [3.05, 3.63) is 64.2 Å². The van der Waals surface area contributed by atoms with Crippen molar-refractivity contribution < 1.29 is 18.3 Å². The zero-order valence-corrected chi connectivity index (χ0v) is 11.0. The molecule has 0 radical (unpaired) electrons. The second-order valence-corrected chi connectivity index (χ2v) is 4.48. The van der Waals surface area contributed by atoms with Gasteiger partial charge in [-0.25, -0.2) is 13.6 Å². The minimum Gasteiger partial charge on any atom is -0.457 e. The lowest BCUT2D eigenvalue weighted by atomic mass is 10.2. The molecule has 0 bridgehead atoms. The van der Waals surface area contributed by atoms with Gasteiger partial charge in [0.25, 0.3) is 0 Å². The van der Waals surface area contributed by atoms with Gasteiger partial charge in [0.15, 0.2) is 0 Å². The Morgan fingerprint density at radius 3 is 2.60 bits per heavy atom. The fourth-order valence-electron chi connectivity index (χ4n) is 1.58. The maximum Gasteiger partial charge on any atom is 0.340 e.